The third-order valence-electron chi connectivity index (χ3n) is 5.88. The molecule has 1 amide bonds. The molecule has 9 nitrogen and oxygen atoms in total. The number of carbonyl (C=O) groups excluding carboxylic acids is 1. The summed E-state index contributed by atoms with van der Waals surface area (Å²) in [7, 11) is 0. The van der Waals surface area contributed by atoms with E-state index in [0.29, 0.717) is 24.3 Å². The molecule has 4 rings (SSSR count). The Kier molecular flexibility index (Phi) is 12.7. The fourth-order valence-corrected chi connectivity index (χ4v) is 4.23. The number of nitrogens with zero attached hydrogens (tertiary/aromatic N) is 3. The van der Waals surface area contributed by atoms with Crippen LogP contribution in [-0.4, -0.2) is 45.4 Å². The largest absolute Gasteiger partial charge is 0.370 e. The molecular formula is C24H33Cl3N8O. The first kappa shape index (κ1) is 31.2. The van der Waals surface area contributed by atoms with Gasteiger partial charge in [-0.2, -0.15) is 0 Å². The van der Waals surface area contributed by atoms with Crippen molar-refractivity contribution in [1.29, 1.82) is 5.41 Å². The molecule has 0 saturated heterocycles. The number of nitrogens with one attached hydrogen (secondary N) is 4. The summed E-state index contributed by atoms with van der Waals surface area (Å²) in [5.41, 5.74) is 8.31. The van der Waals surface area contributed by atoms with Gasteiger partial charge < -0.3 is 21.7 Å². The Bertz CT molecular complexity index is 1150. The van der Waals surface area contributed by atoms with Crippen molar-refractivity contribution in [3.8, 4) is 0 Å². The van der Waals surface area contributed by atoms with Crippen molar-refractivity contribution < 1.29 is 4.79 Å². The highest BCUT2D eigenvalue weighted by Crippen LogP contribution is 2.27. The minimum atomic E-state index is -0.321. The highest BCUT2D eigenvalue weighted by Gasteiger charge is 2.27. The van der Waals surface area contributed by atoms with Crippen molar-refractivity contribution in [2.45, 2.75) is 51.1 Å². The smallest absolute Gasteiger partial charge is 0.289 e. The summed E-state index contributed by atoms with van der Waals surface area (Å²) >= 11 is 0. The maximum atomic E-state index is 12.9. The summed E-state index contributed by atoms with van der Waals surface area (Å²) in [5, 5.41) is 18.0. The molecule has 3 aromatic rings. The third kappa shape index (κ3) is 8.08. The maximum absolute atomic E-state index is 12.9. The quantitative estimate of drug-likeness (QED) is 0.221. The van der Waals surface area contributed by atoms with E-state index in [-0.39, 0.29) is 67.0 Å². The molecule has 196 valence electrons. The topological polar surface area (TPSA) is 142 Å². The molecule has 0 spiro atoms. The Balaban J connectivity index is 0.00000216. The molecule has 1 fully saturated rings. The van der Waals surface area contributed by atoms with Gasteiger partial charge in [0.05, 0.1) is 5.52 Å². The fraction of sp³-hybridized carbons (Fsp3) is 0.375. The van der Waals surface area contributed by atoms with Crippen LogP contribution < -0.4 is 21.7 Å². The van der Waals surface area contributed by atoms with Gasteiger partial charge in [0.2, 0.25) is 5.82 Å². The first-order valence-electron chi connectivity index (χ1n) is 11.3. The van der Waals surface area contributed by atoms with Crippen LogP contribution >= 0.6 is 37.2 Å². The molecule has 1 aromatic carbocycles. The lowest BCUT2D eigenvalue weighted by Crippen LogP contribution is -2.50. The van der Waals surface area contributed by atoms with E-state index in [1.165, 1.54) is 0 Å². The van der Waals surface area contributed by atoms with Gasteiger partial charge in [-0.25, -0.2) is 9.97 Å². The second-order valence-corrected chi connectivity index (χ2v) is 8.44. The van der Waals surface area contributed by atoms with E-state index in [4.69, 9.17) is 11.1 Å². The first-order valence-corrected chi connectivity index (χ1v) is 11.3. The number of aromatic nitrogens is 3. The van der Waals surface area contributed by atoms with Crippen LogP contribution in [0.25, 0.3) is 10.9 Å². The van der Waals surface area contributed by atoms with Crippen LogP contribution in [0.15, 0.2) is 42.6 Å². The van der Waals surface area contributed by atoms with Gasteiger partial charge in [-0.05, 0) is 44.0 Å². The van der Waals surface area contributed by atoms with E-state index >= 15 is 0 Å². The monoisotopic (exact) mass is 554 g/mol. The van der Waals surface area contributed by atoms with Gasteiger partial charge in [0, 0.05) is 42.3 Å². The van der Waals surface area contributed by atoms with Crippen LogP contribution in [0.2, 0.25) is 0 Å². The van der Waals surface area contributed by atoms with Crippen molar-refractivity contribution in [3.05, 3.63) is 59.7 Å². The Morgan fingerprint density at radius 3 is 2.53 bits per heavy atom. The zero-order chi connectivity index (χ0) is 23.2. The van der Waals surface area contributed by atoms with Gasteiger partial charge in [-0.1, -0.05) is 30.5 Å². The van der Waals surface area contributed by atoms with Crippen LogP contribution in [-0.2, 0) is 6.42 Å². The molecule has 1 saturated carbocycles. The number of carbonyl (C=O) groups is 1. The van der Waals surface area contributed by atoms with Crippen molar-refractivity contribution in [2.75, 3.05) is 11.9 Å². The summed E-state index contributed by atoms with van der Waals surface area (Å²) < 4.78 is 0. The number of anilines is 1. The van der Waals surface area contributed by atoms with Gasteiger partial charge >= 0.3 is 0 Å². The predicted molar refractivity (Wildman–Crippen MR) is 151 cm³/mol. The predicted octanol–water partition coefficient (Wildman–Crippen LogP) is 3.78. The number of halogens is 3. The Labute approximate surface area is 229 Å². The van der Waals surface area contributed by atoms with Gasteiger partial charge in [0.15, 0.2) is 5.96 Å². The van der Waals surface area contributed by atoms with E-state index in [1.807, 2.05) is 43.3 Å². The average molecular weight is 556 g/mol. The van der Waals surface area contributed by atoms with Gasteiger partial charge in [0.1, 0.15) is 5.82 Å². The van der Waals surface area contributed by atoms with Crippen LogP contribution in [0, 0.1) is 12.3 Å². The third-order valence-corrected chi connectivity index (χ3v) is 5.88. The van der Waals surface area contributed by atoms with E-state index in [1.54, 1.807) is 6.20 Å². The lowest BCUT2D eigenvalue weighted by molar-refractivity contribution is 0.0944. The van der Waals surface area contributed by atoms with Gasteiger partial charge in [-0.15, -0.1) is 37.2 Å². The number of benzene rings is 1. The molecule has 1 aliphatic rings. The molecule has 0 aliphatic heterocycles. The van der Waals surface area contributed by atoms with Crippen molar-refractivity contribution in [2.24, 2.45) is 5.73 Å². The SMILES string of the molecule is Cc1ccc2nc(C(=O)NCCc3ccccn3)nc(N[C@H]3CCCC[C@H]3NC(=N)N)c2c1.Cl.Cl.Cl. The van der Waals surface area contributed by atoms with E-state index in [2.05, 4.69) is 30.9 Å². The molecule has 1 aliphatic carbocycles. The number of nitrogens with two attached hydrogens (primary N) is 1. The zero-order valence-corrected chi connectivity index (χ0v) is 22.4. The normalized spacial score (nSPS) is 16.5. The van der Waals surface area contributed by atoms with E-state index in [0.717, 1.165) is 42.3 Å². The number of amides is 1. The number of guanidine groups is 1. The Morgan fingerprint density at radius 1 is 1.08 bits per heavy atom. The molecule has 0 unspecified atom stereocenters. The molecule has 0 radical (unpaired) electrons. The minimum Gasteiger partial charge on any atom is -0.370 e. The molecule has 12 heteroatoms. The molecule has 2 aromatic heterocycles. The summed E-state index contributed by atoms with van der Waals surface area (Å²) in [6.07, 6.45) is 6.37. The van der Waals surface area contributed by atoms with Gasteiger partial charge in [0.25, 0.3) is 5.91 Å². The van der Waals surface area contributed by atoms with E-state index < -0.39 is 0 Å². The number of aryl methyl sites for hydroxylation is 1. The summed E-state index contributed by atoms with van der Waals surface area (Å²) in [5.74, 6) is 0.395. The Hall–Kier alpha value is -2.88. The van der Waals surface area contributed by atoms with Crippen LogP contribution in [0.5, 0.6) is 0 Å². The molecule has 36 heavy (non-hydrogen) atoms. The Morgan fingerprint density at radius 2 is 1.83 bits per heavy atom. The van der Waals surface area contributed by atoms with Crippen LogP contribution in [0.4, 0.5) is 5.82 Å². The van der Waals surface area contributed by atoms with Crippen LogP contribution in [0.1, 0.15) is 47.6 Å². The lowest BCUT2D eigenvalue weighted by atomic mass is 9.90. The number of fused-ring (bicyclic) bond motifs is 1. The molecule has 0 bridgehead atoms. The van der Waals surface area contributed by atoms with Crippen molar-refractivity contribution in [1.82, 2.24) is 25.6 Å². The number of hydrogen-bond donors (Lipinski definition) is 5. The summed E-state index contributed by atoms with van der Waals surface area (Å²) in [6.45, 7) is 2.46. The average Bonchev–Trinajstić information content (AvgIpc) is 2.81. The molecule has 2 heterocycles. The van der Waals surface area contributed by atoms with E-state index in [9.17, 15) is 4.79 Å². The molecule has 6 N–H and O–H groups in total. The zero-order valence-electron chi connectivity index (χ0n) is 20.0. The number of rotatable bonds is 7. The molecule has 2 atom stereocenters. The number of hydrogen-bond acceptors (Lipinski definition) is 6. The van der Waals surface area contributed by atoms with Crippen molar-refractivity contribution in [3.63, 3.8) is 0 Å². The highest BCUT2D eigenvalue weighted by atomic mass is 35.5. The summed E-state index contributed by atoms with van der Waals surface area (Å²) in [6, 6.07) is 11.7. The summed E-state index contributed by atoms with van der Waals surface area (Å²) in [4.78, 5) is 26.3. The van der Waals surface area contributed by atoms with Crippen LogP contribution in [0.3, 0.4) is 0 Å². The minimum absolute atomic E-state index is 0. The standard InChI is InChI=1S/C24H30N8O.3ClH/c1-15-9-10-18-17(14-15)21(30-19-7-2-3-8-20(19)31-24(25)26)32-22(29-18)23(33)28-13-11-16-6-4-5-12-27-16;;;/h4-6,9-10,12,14,19-20H,2-3,7-8,11,13H2,1H3,(H,28,33)(H4,25,26,31)(H,29,30,32);3*1H/t19-,20+;;;/m0.../s1. The van der Waals surface area contributed by atoms with Crippen molar-refractivity contribution >= 4 is 65.8 Å². The maximum Gasteiger partial charge on any atom is 0.289 e. The first-order chi connectivity index (χ1) is 16.0. The van der Waals surface area contributed by atoms with Gasteiger partial charge in [-0.3, -0.25) is 15.2 Å². The highest BCUT2D eigenvalue weighted by molar-refractivity contribution is 5.96. The molecular weight excluding hydrogens is 523 g/mol. The second kappa shape index (κ2) is 14.6. The fourth-order valence-electron chi connectivity index (χ4n) is 4.23. The lowest BCUT2D eigenvalue weighted by Gasteiger charge is -2.33. The number of pyridine rings is 1. The second-order valence-electron chi connectivity index (χ2n) is 8.44.